The summed E-state index contributed by atoms with van der Waals surface area (Å²) < 4.78 is 87.4. The van der Waals surface area contributed by atoms with Crippen LogP contribution >= 0.6 is 7.82 Å². The van der Waals surface area contributed by atoms with E-state index in [1.165, 1.54) is 14.0 Å². The van der Waals surface area contributed by atoms with Gasteiger partial charge in [0, 0.05) is 26.6 Å². The van der Waals surface area contributed by atoms with Gasteiger partial charge in [-0.2, -0.15) is 26.3 Å². The monoisotopic (exact) mass is 392 g/mol. The molecule has 0 aromatic heterocycles. The second-order valence-electron chi connectivity index (χ2n) is 5.35. The van der Waals surface area contributed by atoms with Crippen molar-refractivity contribution in [3.8, 4) is 0 Å². The van der Waals surface area contributed by atoms with Crippen molar-refractivity contribution in [3.05, 3.63) is 5.32 Å². The van der Waals surface area contributed by atoms with Gasteiger partial charge in [-0.3, -0.25) is 0 Å². The zero-order chi connectivity index (χ0) is 19.8. The Labute approximate surface area is 135 Å². The highest BCUT2D eigenvalue weighted by atomic mass is 31.2. The molecule has 0 aromatic rings. The van der Waals surface area contributed by atoms with Crippen LogP contribution in [0.15, 0.2) is 0 Å². The van der Waals surface area contributed by atoms with Crippen LogP contribution in [0.3, 0.4) is 0 Å². The summed E-state index contributed by atoms with van der Waals surface area (Å²) >= 11 is 0. The van der Waals surface area contributed by atoms with Crippen molar-refractivity contribution in [2.45, 2.75) is 57.0 Å². The molecule has 0 aliphatic heterocycles. The number of alkyl halides is 6. The number of methoxy groups -OCH3 is 1. The van der Waals surface area contributed by atoms with Gasteiger partial charge in [-0.1, -0.05) is 20.3 Å². The van der Waals surface area contributed by atoms with Gasteiger partial charge in [0.25, 0.3) is 0 Å². The van der Waals surface area contributed by atoms with Crippen LogP contribution in [-0.2, 0) is 9.30 Å². The molecule has 148 valence electrons. The van der Waals surface area contributed by atoms with Crippen LogP contribution in [0, 0.1) is 0 Å². The molecule has 0 heterocycles. The van der Waals surface area contributed by atoms with E-state index in [0.717, 1.165) is 6.92 Å². The van der Waals surface area contributed by atoms with Crippen LogP contribution in [0.25, 0.3) is 5.32 Å². The molecule has 0 radical (unpaired) electrons. The Balaban J connectivity index is 0. The standard InChI is InChI=1S/C11H18F6NO.H3O4P/c1-8(6-19-3)18-9(2,7-11(15,16)17)4-5-10(12,13)14;1-5(2,3)4/h8H,4-7H2,1-3H3;(H3,1,2,3,4)/q-1;. The van der Waals surface area contributed by atoms with E-state index >= 15 is 0 Å². The first-order valence-electron chi connectivity index (χ1n) is 6.50. The van der Waals surface area contributed by atoms with Crippen molar-refractivity contribution in [3.63, 3.8) is 0 Å². The Morgan fingerprint density at radius 3 is 1.75 bits per heavy atom. The molecule has 2 atom stereocenters. The number of hydrogen-bond donors (Lipinski definition) is 3. The molecular formula is C11H21F6NO5P-. The summed E-state index contributed by atoms with van der Waals surface area (Å²) in [5.74, 6) is 0. The third-order valence-electron chi connectivity index (χ3n) is 2.47. The minimum atomic E-state index is -4.64. The summed E-state index contributed by atoms with van der Waals surface area (Å²) in [5.41, 5.74) is -1.79. The van der Waals surface area contributed by atoms with E-state index in [1.54, 1.807) is 0 Å². The summed E-state index contributed by atoms with van der Waals surface area (Å²) in [6, 6.07) is -0.592. The van der Waals surface area contributed by atoms with Crippen molar-refractivity contribution >= 4 is 7.82 Å². The maximum atomic E-state index is 12.4. The molecule has 0 fully saturated rings. The van der Waals surface area contributed by atoms with Crippen LogP contribution in [0.1, 0.15) is 33.1 Å². The maximum Gasteiger partial charge on any atom is 0.466 e. The van der Waals surface area contributed by atoms with Gasteiger partial charge in [0.1, 0.15) is 0 Å². The lowest BCUT2D eigenvalue weighted by atomic mass is 9.90. The maximum absolute atomic E-state index is 12.4. The van der Waals surface area contributed by atoms with Crippen LogP contribution in [0.4, 0.5) is 26.3 Å². The Hall–Kier alpha value is -0.390. The van der Waals surface area contributed by atoms with Gasteiger partial charge in [-0.05, 0) is 0 Å². The van der Waals surface area contributed by atoms with Gasteiger partial charge in [-0.15, -0.1) is 11.6 Å². The Kier molecular flexibility index (Phi) is 10.7. The Morgan fingerprint density at radius 1 is 1.04 bits per heavy atom. The summed E-state index contributed by atoms with van der Waals surface area (Å²) in [4.78, 5) is 21.6. The Bertz CT molecular complexity index is 391. The normalized spacial score (nSPS) is 16.8. The fourth-order valence-corrected chi connectivity index (χ4v) is 1.85. The molecule has 0 amide bonds. The predicted octanol–water partition coefficient (Wildman–Crippen LogP) is 3.52. The minimum absolute atomic E-state index is 0.0689. The molecular weight excluding hydrogens is 371 g/mol. The van der Waals surface area contributed by atoms with Crippen molar-refractivity contribution in [1.29, 1.82) is 0 Å². The third-order valence-corrected chi connectivity index (χ3v) is 2.47. The molecule has 0 aliphatic rings. The van der Waals surface area contributed by atoms with Gasteiger partial charge in [0.05, 0.1) is 0 Å². The summed E-state index contributed by atoms with van der Waals surface area (Å²) in [6.07, 6.45) is -12.4. The zero-order valence-electron chi connectivity index (χ0n) is 13.2. The lowest BCUT2D eigenvalue weighted by Crippen LogP contribution is -2.35. The molecule has 0 spiro atoms. The predicted molar refractivity (Wildman–Crippen MR) is 73.3 cm³/mol. The molecule has 24 heavy (non-hydrogen) atoms. The molecule has 2 unspecified atom stereocenters. The second kappa shape index (κ2) is 9.93. The van der Waals surface area contributed by atoms with Crippen molar-refractivity contribution in [1.82, 2.24) is 0 Å². The fraction of sp³-hybridized carbons (Fsp3) is 1.00. The second-order valence-corrected chi connectivity index (χ2v) is 6.38. The highest BCUT2D eigenvalue weighted by Gasteiger charge is 2.37. The van der Waals surface area contributed by atoms with Crippen molar-refractivity contribution in [2.24, 2.45) is 0 Å². The summed E-state index contributed by atoms with van der Waals surface area (Å²) in [6.45, 7) is 2.67. The van der Waals surface area contributed by atoms with Crippen molar-refractivity contribution < 1.29 is 50.3 Å². The molecule has 0 saturated carbocycles. The Morgan fingerprint density at radius 2 is 1.46 bits per heavy atom. The largest absolute Gasteiger partial charge is 0.652 e. The average Bonchev–Trinajstić information content (AvgIpc) is 2.20. The van der Waals surface area contributed by atoms with Crippen molar-refractivity contribution in [2.75, 3.05) is 13.7 Å². The fourth-order valence-electron chi connectivity index (χ4n) is 1.85. The molecule has 0 bridgehead atoms. The summed E-state index contributed by atoms with van der Waals surface area (Å²) in [5, 5.41) is 3.84. The molecule has 0 rings (SSSR count). The van der Waals surface area contributed by atoms with E-state index < -0.39 is 51.0 Å². The van der Waals surface area contributed by atoms with E-state index in [1.807, 2.05) is 0 Å². The number of rotatable bonds is 7. The quantitative estimate of drug-likeness (QED) is 0.455. The zero-order valence-corrected chi connectivity index (χ0v) is 14.1. The smallest absolute Gasteiger partial charge is 0.466 e. The molecule has 0 saturated heterocycles. The van der Waals surface area contributed by atoms with Crippen LogP contribution in [0.2, 0.25) is 0 Å². The number of phosphoric acid groups is 1. The highest BCUT2D eigenvalue weighted by molar-refractivity contribution is 7.45. The van der Waals surface area contributed by atoms with E-state index in [2.05, 4.69) is 5.32 Å². The molecule has 0 aromatic carbocycles. The molecule has 13 heteroatoms. The van der Waals surface area contributed by atoms with Gasteiger partial charge in [0.15, 0.2) is 0 Å². The molecule has 3 N–H and O–H groups in total. The van der Waals surface area contributed by atoms with Crippen LogP contribution in [0.5, 0.6) is 0 Å². The molecule has 0 aliphatic carbocycles. The topological polar surface area (TPSA) is 101 Å². The van der Waals surface area contributed by atoms with Crippen LogP contribution < -0.4 is 0 Å². The first kappa shape index (κ1) is 25.8. The third kappa shape index (κ3) is 21.6. The lowest BCUT2D eigenvalue weighted by molar-refractivity contribution is -0.156. The number of hydrogen-bond acceptors (Lipinski definition) is 2. The number of nitrogens with zero attached hydrogens (tertiary/aromatic N) is 1. The minimum Gasteiger partial charge on any atom is -0.652 e. The lowest BCUT2D eigenvalue weighted by Gasteiger charge is -2.48. The van der Waals surface area contributed by atoms with E-state index in [9.17, 15) is 26.3 Å². The van der Waals surface area contributed by atoms with E-state index in [-0.39, 0.29) is 6.61 Å². The van der Waals surface area contributed by atoms with Gasteiger partial charge >= 0.3 is 20.2 Å². The first-order valence-corrected chi connectivity index (χ1v) is 8.06. The number of ether oxygens (including phenoxy) is 1. The van der Waals surface area contributed by atoms with E-state index in [4.69, 9.17) is 24.0 Å². The highest BCUT2D eigenvalue weighted by Crippen LogP contribution is 2.39. The first-order chi connectivity index (χ1) is 10.4. The van der Waals surface area contributed by atoms with Crippen LogP contribution in [-0.4, -0.2) is 52.3 Å². The average molecular weight is 392 g/mol. The van der Waals surface area contributed by atoms with Gasteiger partial charge in [-0.25, -0.2) is 4.57 Å². The molecule has 6 nitrogen and oxygen atoms in total. The van der Waals surface area contributed by atoms with E-state index in [0.29, 0.717) is 0 Å². The summed E-state index contributed by atoms with van der Waals surface area (Å²) in [7, 11) is -3.29. The number of halogens is 6. The van der Waals surface area contributed by atoms with Gasteiger partial charge < -0.3 is 24.7 Å². The van der Waals surface area contributed by atoms with Gasteiger partial charge in [0.2, 0.25) is 0 Å². The SMILES string of the molecule is COCC(C)[N-]C(C)(CCC(F)(F)F)CC(F)(F)F.O=P(O)(O)O.